The van der Waals surface area contributed by atoms with Gasteiger partial charge in [-0.3, -0.25) is 9.97 Å². The maximum absolute atomic E-state index is 5.54. The maximum atomic E-state index is 5.54. The lowest BCUT2D eigenvalue weighted by atomic mass is 9.96. The second-order valence-corrected chi connectivity index (χ2v) is 13.6. The van der Waals surface area contributed by atoms with Crippen LogP contribution in [-0.4, -0.2) is 19.9 Å². The highest BCUT2D eigenvalue weighted by Gasteiger charge is 2.23. The molecule has 0 atom stereocenters. The molecule has 3 aromatic heterocycles. The SMILES string of the molecule is C1=CC(c2c3nc(c(C4=CCCC=C4)c4ccc([nH]4)c(C4=CCCC=C4)c4nc(c(C5=CCCC=C5)c5ccc2[nH]5)CC4)CC3)=CCC1. The van der Waals surface area contributed by atoms with Crippen molar-refractivity contribution >= 4 is 44.4 Å². The fraction of sp³-hybridized carbons (Fsp3) is 0.273. The molecule has 0 aromatic carbocycles. The second kappa shape index (κ2) is 12.6. The molecule has 4 nitrogen and oxygen atoms in total. The lowest BCUT2D eigenvalue weighted by Crippen LogP contribution is -1.95. The number of nitrogens with zero attached hydrogens (tertiary/aromatic N) is 2. The van der Waals surface area contributed by atoms with Gasteiger partial charge in [0.2, 0.25) is 0 Å². The number of H-pyrrole nitrogens is 2. The van der Waals surface area contributed by atoms with Crippen LogP contribution in [0.4, 0.5) is 0 Å². The Kier molecular flexibility index (Phi) is 7.65. The first-order chi connectivity index (χ1) is 23.8. The summed E-state index contributed by atoms with van der Waals surface area (Å²) in [5.41, 5.74) is 19.3. The average molecular weight is 627 g/mol. The molecule has 0 saturated heterocycles. The molecule has 0 spiro atoms. The van der Waals surface area contributed by atoms with Gasteiger partial charge in [0.25, 0.3) is 0 Å². The van der Waals surface area contributed by atoms with E-state index in [0.29, 0.717) is 0 Å². The third kappa shape index (κ3) is 5.34. The standard InChI is InChI=1S/C44H42N4/c1-5-13-29(14-6-1)41-33-21-23-35(45-33)42(30-15-7-2-8-16-30)37-25-27-39(47-37)44(32-19-11-4-12-20-32)40-28-26-38(48-40)43(31-17-9-3-10-18-31)36-24-22-34(41)46-36/h5,7,9,11,13-21,23,26,28,45,48H,1-4,6,8,10,12,22,24-25,27H2. The van der Waals surface area contributed by atoms with Gasteiger partial charge in [-0.25, -0.2) is 0 Å². The predicted molar refractivity (Wildman–Crippen MR) is 201 cm³/mol. The van der Waals surface area contributed by atoms with Crippen LogP contribution in [0.1, 0.15) is 96.4 Å². The number of aromatic nitrogens is 4. The van der Waals surface area contributed by atoms with Crippen molar-refractivity contribution < 1.29 is 0 Å². The van der Waals surface area contributed by atoms with E-state index in [1.807, 2.05) is 0 Å². The number of hydrogen-bond donors (Lipinski definition) is 2. The van der Waals surface area contributed by atoms with E-state index < -0.39 is 0 Å². The van der Waals surface area contributed by atoms with Crippen molar-refractivity contribution in [3.05, 3.63) is 142 Å². The Balaban J connectivity index is 1.43. The number of allylic oxidation sites excluding steroid dienone is 16. The zero-order valence-electron chi connectivity index (χ0n) is 27.6. The molecule has 6 aliphatic rings. The van der Waals surface area contributed by atoms with Gasteiger partial charge in [-0.1, -0.05) is 72.9 Å². The zero-order chi connectivity index (χ0) is 31.9. The third-order valence-electron chi connectivity index (χ3n) is 10.5. The summed E-state index contributed by atoms with van der Waals surface area (Å²) in [6.07, 6.45) is 40.3. The molecule has 0 radical (unpaired) electrons. The van der Waals surface area contributed by atoms with E-state index in [4.69, 9.17) is 9.97 Å². The summed E-state index contributed by atoms with van der Waals surface area (Å²) in [5, 5.41) is 0. The number of hydrogen-bond acceptors (Lipinski definition) is 2. The number of aryl methyl sites for hydroxylation is 4. The fourth-order valence-corrected chi connectivity index (χ4v) is 8.23. The smallest absolute Gasteiger partial charge is 0.0510 e. The summed E-state index contributed by atoms with van der Waals surface area (Å²) in [6, 6.07) is 9.12. The summed E-state index contributed by atoms with van der Waals surface area (Å²) < 4.78 is 0. The first kappa shape index (κ1) is 29.2. The highest BCUT2D eigenvalue weighted by molar-refractivity contribution is 5.93. The minimum Gasteiger partial charge on any atom is -0.354 e. The van der Waals surface area contributed by atoms with Crippen LogP contribution in [0.3, 0.4) is 0 Å². The topological polar surface area (TPSA) is 57.4 Å². The quantitative estimate of drug-likeness (QED) is 0.303. The maximum Gasteiger partial charge on any atom is 0.0510 e. The molecule has 8 bridgehead atoms. The van der Waals surface area contributed by atoms with Crippen LogP contribution in [0.2, 0.25) is 0 Å². The van der Waals surface area contributed by atoms with Gasteiger partial charge in [-0.2, -0.15) is 0 Å². The molecule has 48 heavy (non-hydrogen) atoms. The van der Waals surface area contributed by atoms with Gasteiger partial charge in [0.1, 0.15) is 0 Å². The lowest BCUT2D eigenvalue weighted by molar-refractivity contribution is 1.01. The number of fused-ring (bicyclic) bond motifs is 8. The van der Waals surface area contributed by atoms with Gasteiger partial charge in [0, 0.05) is 44.3 Å². The molecule has 5 heterocycles. The Labute approximate surface area is 282 Å². The summed E-state index contributed by atoms with van der Waals surface area (Å²) in [7, 11) is 0. The van der Waals surface area contributed by atoms with Crippen molar-refractivity contribution in [3.63, 3.8) is 0 Å². The summed E-state index contributed by atoms with van der Waals surface area (Å²) in [4.78, 5) is 19.0. The second-order valence-electron chi connectivity index (χ2n) is 13.6. The molecule has 3 aromatic rings. The van der Waals surface area contributed by atoms with E-state index in [1.54, 1.807) is 0 Å². The van der Waals surface area contributed by atoms with Crippen LogP contribution < -0.4 is 0 Å². The molecule has 9 rings (SSSR count). The normalized spacial score (nSPS) is 18.8. The van der Waals surface area contributed by atoms with E-state index in [2.05, 4.69) is 107 Å². The molecule has 2 aliphatic heterocycles. The first-order valence-electron chi connectivity index (χ1n) is 18.0. The Morgan fingerprint density at radius 2 is 0.625 bits per heavy atom. The Bertz CT molecular complexity index is 1920. The summed E-state index contributed by atoms with van der Waals surface area (Å²) in [5.74, 6) is 0. The van der Waals surface area contributed by atoms with Crippen molar-refractivity contribution in [2.75, 3.05) is 0 Å². The molecule has 238 valence electrons. The number of rotatable bonds is 4. The van der Waals surface area contributed by atoms with Crippen molar-refractivity contribution in [2.24, 2.45) is 0 Å². The minimum atomic E-state index is 0.919. The van der Waals surface area contributed by atoms with Crippen LogP contribution in [0.25, 0.3) is 44.4 Å². The Hall–Kier alpha value is -4.96. The molecule has 0 saturated carbocycles. The van der Waals surface area contributed by atoms with E-state index in [-0.39, 0.29) is 0 Å². The van der Waals surface area contributed by atoms with Crippen LogP contribution in [0.5, 0.6) is 0 Å². The monoisotopic (exact) mass is 626 g/mol. The van der Waals surface area contributed by atoms with Crippen LogP contribution in [0.15, 0.2) is 97.2 Å². The third-order valence-corrected chi connectivity index (χ3v) is 10.5. The van der Waals surface area contributed by atoms with Crippen molar-refractivity contribution in [1.82, 2.24) is 19.9 Å². The van der Waals surface area contributed by atoms with Crippen molar-refractivity contribution in [2.45, 2.75) is 77.0 Å². The molecule has 0 fully saturated rings. The molecule has 2 N–H and O–H groups in total. The van der Waals surface area contributed by atoms with Gasteiger partial charge in [-0.15, -0.1) is 0 Å². The summed E-state index contributed by atoms with van der Waals surface area (Å²) >= 11 is 0. The Morgan fingerprint density at radius 1 is 0.354 bits per heavy atom. The average Bonchev–Trinajstić information content (AvgIpc) is 3.98. The van der Waals surface area contributed by atoms with E-state index in [1.165, 1.54) is 67.3 Å². The highest BCUT2D eigenvalue weighted by Crippen LogP contribution is 2.37. The zero-order valence-corrected chi connectivity index (χ0v) is 27.6. The molecular weight excluding hydrogens is 585 g/mol. The van der Waals surface area contributed by atoms with Gasteiger partial charge in [0.15, 0.2) is 0 Å². The molecule has 0 amide bonds. The molecule has 0 unspecified atom stereocenters. The largest absolute Gasteiger partial charge is 0.354 e. The van der Waals surface area contributed by atoms with E-state index in [9.17, 15) is 0 Å². The highest BCUT2D eigenvalue weighted by atomic mass is 14.8. The molecular formula is C44H42N4. The predicted octanol–water partition coefficient (Wildman–Crippen LogP) is 10.8. The van der Waals surface area contributed by atoms with E-state index in [0.717, 1.165) is 99.1 Å². The number of aromatic amines is 2. The van der Waals surface area contributed by atoms with Crippen LogP contribution >= 0.6 is 0 Å². The van der Waals surface area contributed by atoms with Crippen molar-refractivity contribution in [1.29, 1.82) is 0 Å². The molecule has 4 aliphatic carbocycles. The summed E-state index contributed by atoms with van der Waals surface area (Å²) in [6.45, 7) is 0. The van der Waals surface area contributed by atoms with E-state index >= 15 is 0 Å². The van der Waals surface area contributed by atoms with Gasteiger partial charge in [-0.05, 0) is 124 Å². The fourth-order valence-electron chi connectivity index (χ4n) is 8.23. The van der Waals surface area contributed by atoms with Gasteiger partial charge in [0.05, 0.1) is 22.8 Å². The Morgan fingerprint density at radius 3 is 0.854 bits per heavy atom. The van der Waals surface area contributed by atoms with Crippen LogP contribution in [-0.2, 0) is 25.7 Å². The van der Waals surface area contributed by atoms with Gasteiger partial charge >= 0.3 is 0 Å². The van der Waals surface area contributed by atoms with Crippen LogP contribution in [0, 0.1) is 0 Å². The lowest BCUT2D eigenvalue weighted by Gasteiger charge is -2.11. The van der Waals surface area contributed by atoms with Crippen molar-refractivity contribution in [3.8, 4) is 0 Å². The first-order valence-corrected chi connectivity index (χ1v) is 18.0. The minimum absolute atomic E-state index is 0.919. The number of nitrogens with one attached hydrogen (secondary N) is 2. The van der Waals surface area contributed by atoms with Gasteiger partial charge < -0.3 is 9.97 Å². The molecule has 4 heteroatoms.